The topological polar surface area (TPSA) is 12.0 Å². The quantitative estimate of drug-likeness (QED) is 0.665. The molecule has 0 aliphatic rings. The molecule has 0 heterocycles. The molecule has 1 N–H and O–H groups in total. The Labute approximate surface area is 77.9 Å². The Kier molecular flexibility index (Phi) is 6.27. The molecule has 11 heavy (non-hydrogen) atoms. The van der Waals surface area contributed by atoms with Crippen LogP contribution in [0.2, 0.25) is 0 Å². The third-order valence-corrected chi connectivity index (χ3v) is 1.88. The van der Waals surface area contributed by atoms with Crippen molar-refractivity contribution in [2.24, 2.45) is 0 Å². The Morgan fingerprint density at radius 3 is 2.82 bits per heavy atom. The number of nitrogens with one attached hydrogen (secondary N) is 1. The van der Waals surface area contributed by atoms with Crippen LogP contribution in [0.5, 0.6) is 0 Å². The van der Waals surface area contributed by atoms with Crippen LogP contribution in [0.4, 0.5) is 0 Å². The van der Waals surface area contributed by atoms with Gasteiger partial charge in [0.1, 0.15) is 0 Å². The summed E-state index contributed by atoms with van der Waals surface area (Å²) in [4.78, 5) is 1.95. The molecule has 0 spiro atoms. The van der Waals surface area contributed by atoms with Crippen molar-refractivity contribution in [1.82, 2.24) is 5.32 Å². The maximum Gasteiger partial charge on any atom is 0.0722 e. The van der Waals surface area contributed by atoms with Gasteiger partial charge in [0.15, 0.2) is 0 Å². The second kappa shape index (κ2) is 6.43. The van der Waals surface area contributed by atoms with Crippen LogP contribution in [0.1, 0.15) is 13.3 Å². The molecule has 0 bridgehead atoms. The summed E-state index contributed by atoms with van der Waals surface area (Å²) in [5, 5.41) is 4.84. The lowest BCUT2D eigenvalue weighted by molar-refractivity contribution is 0.891. The van der Waals surface area contributed by atoms with Gasteiger partial charge in [-0.2, -0.15) is 0 Å². The predicted octanol–water partition coefficient (Wildman–Crippen LogP) is 2.70. The molecule has 62 valence electrons. The molecule has 0 aliphatic heterocycles. The number of thiocarbonyl (C=S) groups is 1. The van der Waals surface area contributed by atoms with Crippen LogP contribution in [0.3, 0.4) is 0 Å². The molecule has 0 saturated carbocycles. The van der Waals surface area contributed by atoms with Crippen LogP contribution in [0.15, 0.2) is 23.5 Å². The molecular weight excluding hydrogens is 174 g/mol. The average Bonchev–Trinajstić information content (AvgIpc) is 1.87. The monoisotopic (exact) mass is 187 g/mol. The normalized spacial score (nSPS) is 8.82. The van der Waals surface area contributed by atoms with Crippen LogP contribution in [-0.2, 0) is 0 Å². The smallest absolute Gasteiger partial charge is 0.0722 e. The predicted molar refractivity (Wildman–Crippen MR) is 57.8 cm³/mol. The SMILES string of the molecule is C=CSC(=C)CCNC(C)=S. The van der Waals surface area contributed by atoms with E-state index in [9.17, 15) is 0 Å². The fourth-order valence-electron chi connectivity index (χ4n) is 0.555. The lowest BCUT2D eigenvalue weighted by Gasteiger charge is -2.03. The zero-order valence-corrected chi connectivity index (χ0v) is 8.36. The first kappa shape index (κ1) is 10.7. The molecular formula is C8H13NS2. The highest BCUT2D eigenvalue weighted by atomic mass is 32.2. The van der Waals surface area contributed by atoms with Gasteiger partial charge in [0, 0.05) is 6.54 Å². The van der Waals surface area contributed by atoms with E-state index < -0.39 is 0 Å². The highest BCUT2D eigenvalue weighted by Gasteiger charge is 1.91. The highest BCUT2D eigenvalue weighted by molar-refractivity contribution is 8.05. The molecule has 0 amide bonds. The van der Waals surface area contributed by atoms with Gasteiger partial charge in [-0.1, -0.05) is 25.4 Å². The van der Waals surface area contributed by atoms with Gasteiger partial charge in [0.05, 0.1) is 4.99 Å². The maximum atomic E-state index is 4.84. The van der Waals surface area contributed by atoms with E-state index in [-0.39, 0.29) is 0 Å². The van der Waals surface area contributed by atoms with E-state index in [2.05, 4.69) is 18.5 Å². The largest absolute Gasteiger partial charge is 0.380 e. The first-order valence-electron chi connectivity index (χ1n) is 3.36. The van der Waals surface area contributed by atoms with Crippen LogP contribution in [0.25, 0.3) is 0 Å². The van der Waals surface area contributed by atoms with Crippen molar-refractivity contribution in [1.29, 1.82) is 0 Å². The second-order valence-electron chi connectivity index (χ2n) is 2.06. The van der Waals surface area contributed by atoms with E-state index in [1.165, 1.54) is 0 Å². The van der Waals surface area contributed by atoms with Gasteiger partial charge in [-0.3, -0.25) is 0 Å². The Bertz CT molecular complexity index is 163. The highest BCUT2D eigenvalue weighted by Crippen LogP contribution is 2.16. The standard InChI is InChI=1S/C8H13NS2/c1-4-11-7(2)5-6-9-8(3)10/h4H,1-2,5-6H2,3H3,(H,9,10). The summed E-state index contributed by atoms with van der Waals surface area (Å²) in [6.07, 6.45) is 0.935. The third kappa shape index (κ3) is 7.62. The van der Waals surface area contributed by atoms with E-state index in [4.69, 9.17) is 12.2 Å². The summed E-state index contributed by atoms with van der Waals surface area (Å²) in [5.74, 6) is 0. The van der Waals surface area contributed by atoms with E-state index >= 15 is 0 Å². The van der Waals surface area contributed by atoms with Gasteiger partial charge in [0.25, 0.3) is 0 Å². The van der Waals surface area contributed by atoms with Gasteiger partial charge in [-0.25, -0.2) is 0 Å². The summed E-state index contributed by atoms with van der Waals surface area (Å²) in [6.45, 7) is 10.2. The summed E-state index contributed by atoms with van der Waals surface area (Å²) < 4.78 is 0. The molecule has 1 nitrogen and oxygen atoms in total. The van der Waals surface area contributed by atoms with Crippen molar-refractivity contribution in [2.45, 2.75) is 13.3 Å². The third-order valence-electron chi connectivity index (χ3n) is 1.03. The zero-order valence-electron chi connectivity index (χ0n) is 6.72. The van der Waals surface area contributed by atoms with Crippen LogP contribution >= 0.6 is 24.0 Å². The van der Waals surface area contributed by atoms with E-state index in [0.717, 1.165) is 22.9 Å². The maximum absolute atomic E-state index is 4.84. The first-order valence-corrected chi connectivity index (χ1v) is 4.65. The van der Waals surface area contributed by atoms with E-state index in [1.54, 1.807) is 17.2 Å². The zero-order chi connectivity index (χ0) is 8.69. The van der Waals surface area contributed by atoms with Crippen molar-refractivity contribution < 1.29 is 0 Å². The van der Waals surface area contributed by atoms with E-state index in [0.29, 0.717) is 0 Å². The second-order valence-corrected chi connectivity index (χ2v) is 3.81. The average molecular weight is 187 g/mol. The molecule has 0 unspecified atom stereocenters. The van der Waals surface area contributed by atoms with Crippen molar-refractivity contribution in [2.75, 3.05) is 6.54 Å². The van der Waals surface area contributed by atoms with Crippen molar-refractivity contribution in [3.63, 3.8) is 0 Å². The fourth-order valence-corrected chi connectivity index (χ4v) is 1.11. The van der Waals surface area contributed by atoms with Gasteiger partial charge in [-0.05, 0) is 23.7 Å². The Morgan fingerprint density at radius 2 is 2.36 bits per heavy atom. The molecule has 0 radical (unpaired) electrons. The summed E-state index contributed by atoms with van der Waals surface area (Å²) in [5.41, 5.74) is 0. The molecule has 0 rings (SSSR count). The molecule has 0 atom stereocenters. The number of hydrogen-bond donors (Lipinski definition) is 1. The molecule has 0 aromatic rings. The lowest BCUT2D eigenvalue weighted by atomic mass is 10.4. The van der Waals surface area contributed by atoms with Gasteiger partial charge in [0.2, 0.25) is 0 Å². The van der Waals surface area contributed by atoms with Crippen molar-refractivity contribution in [3.05, 3.63) is 23.5 Å². The summed E-state index contributed by atoms with van der Waals surface area (Å²) in [7, 11) is 0. The van der Waals surface area contributed by atoms with Crippen LogP contribution in [0, 0.1) is 0 Å². The minimum absolute atomic E-state index is 0.835. The molecule has 0 fully saturated rings. The first-order chi connectivity index (χ1) is 5.16. The Balaban J connectivity index is 3.31. The molecule has 0 aromatic heterocycles. The summed E-state index contributed by atoms with van der Waals surface area (Å²) >= 11 is 6.41. The molecule has 0 aliphatic carbocycles. The number of rotatable bonds is 5. The Hall–Kier alpha value is -0.280. The Morgan fingerprint density at radius 1 is 1.73 bits per heavy atom. The summed E-state index contributed by atoms with van der Waals surface area (Å²) in [6, 6.07) is 0. The lowest BCUT2D eigenvalue weighted by Crippen LogP contribution is -2.19. The van der Waals surface area contributed by atoms with Crippen molar-refractivity contribution >= 4 is 29.0 Å². The van der Waals surface area contributed by atoms with Gasteiger partial charge in [-0.15, -0.1) is 11.8 Å². The van der Waals surface area contributed by atoms with Crippen LogP contribution < -0.4 is 5.32 Å². The minimum Gasteiger partial charge on any atom is -0.380 e. The van der Waals surface area contributed by atoms with E-state index in [1.807, 2.05) is 6.92 Å². The van der Waals surface area contributed by atoms with Crippen LogP contribution in [-0.4, -0.2) is 11.5 Å². The number of thioether (sulfide) groups is 1. The van der Waals surface area contributed by atoms with Crippen molar-refractivity contribution in [3.8, 4) is 0 Å². The molecule has 0 aromatic carbocycles. The molecule has 0 saturated heterocycles. The number of hydrogen-bond acceptors (Lipinski definition) is 2. The van der Waals surface area contributed by atoms with Gasteiger partial charge >= 0.3 is 0 Å². The fraction of sp³-hybridized carbons (Fsp3) is 0.375. The minimum atomic E-state index is 0.835. The van der Waals surface area contributed by atoms with Gasteiger partial charge < -0.3 is 5.32 Å². The molecule has 3 heteroatoms.